The Labute approximate surface area is 120 Å². The molecule has 2 rings (SSSR count). The number of aromatic nitrogens is 1. The molecule has 6 heteroatoms. The number of nitrogens with one attached hydrogen (secondary N) is 1. The first-order chi connectivity index (χ1) is 9.65. The van der Waals surface area contributed by atoms with Crippen LogP contribution in [0.25, 0.3) is 0 Å². The summed E-state index contributed by atoms with van der Waals surface area (Å²) >= 11 is 1.63. The minimum atomic E-state index is -0.252. The van der Waals surface area contributed by atoms with Gasteiger partial charge in [0.15, 0.2) is 0 Å². The molecule has 0 aliphatic rings. The molecule has 1 N–H and O–H groups in total. The van der Waals surface area contributed by atoms with Crippen molar-refractivity contribution >= 4 is 17.7 Å². The number of halogens is 1. The Hall–Kier alpha value is -1.82. The van der Waals surface area contributed by atoms with Crippen LogP contribution in [0.1, 0.15) is 22.7 Å². The lowest BCUT2D eigenvalue weighted by Gasteiger charge is -2.03. The van der Waals surface area contributed by atoms with Crippen LogP contribution in [0, 0.1) is 12.7 Å². The van der Waals surface area contributed by atoms with Crippen molar-refractivity contribution in [1.82, 2.24) is 10.5 Å². The third-order valence-electron chi connectivity index (χ3n) is 2.54. The average Bonchev–Trinajstić information content (AvgIpc) is 2.87. The molecule has 0 aliphatic carbocycles. The van der Waals surface area contributed by atoms with E-state index in [0.717, 1.165) is 17.1 Å². The molecule has 1 aromatic carbocycles. The summed E-state index contributed by atoms with van der Waals surface area (Å²) in [4.78, 5) is 12.7. The average molecular weight is 294 g/mol. The number of aryl methyl sites for hydroxylation is 1. The number of amides is 1. The fraction of sp³-hybridized carbons (Fsp3) is 0.286. The lowest BCUT2D eigenvalue weighted by molar-refractivity contribution is 0.0917. The fourth-order valence-corrected chi connectivity index (χ4v) is 2.41. The molecule has 0 unspecified atom stereocenters. The van der Waals surface area contributed by atoms with Gasteiger partial charge in [-0.3, -0.25) is 4.79 Å². The molecule has 0 fully saturated rings. The third kappa shape index (κ3) is 4.38. The van der Waals surface area contributed by atoms with Gasteiger partial charge >= 0.3 is 0 Å². The Morgan fingerprint density at radius 1 is 1.40 bits per heavy atom. The van der Waals surface area contributed by atoms with Crippen LogP contribution < -0.4 is 5.32 Å². The minimum Gasteiger partial charge on any atom is -0.351 e. The van der Waals surface area contributed by atoms with E-state index < -0.39 is 0 Å². The predicted octanol–water partition coefficient (Wildman–Crippen LogP) is 3.03. The molecule has 106 valence electrons. The van der Waals surface area contributed by atoms with E-state index in [-0.39, 0.29) is 17.5 Å². The van der Waals surface area contributed by atoms with Crippen LogP contribution in [0.3, 0.4) is 0 Å². The molecule has 4 nitrogen and oxygen atoms in total. The second-order valence-electron chi connectivity index (χ2n) is 4.24. The Kier molecular flexibility index (Phi) is 5.17. The smallest absolute Gasteiger partial charge is 0.289 e. The van der Waals surface area contributed by atoms with Crippen molar-refractivity contribution in [3.8, 4) is 0 Å². The van der Waals surface area contributed by atoms with E-state index >= 15 is 0 Å². The van der Waals surface area contributed by atoms with Gasteiger partial charge in [0.25, 0.3) is 5.91 Å². The third-order valence-corrected chi connectivity index (χ3v) is 3.64. The monoisotopic (exact) mass is 294 g/mol. The highest BCUT2D eigenvalue weighted by atomic mass is 32.2. The highest BCUT2D eigenvalue weighted by molar-refractivity contribution is 7.99. The van der Waals surface area contributed by atoms with Gasteiger partial charge in [-0.2, -0.15) is 0 Å². The van der Waals surface area contributed by atoms with Crippen LogP contribution in [0.2, 0.25) is 0 Å². The first-order valence-corrected chi connectivity index (χ1v) is 7.23. The number of nitrogens with zero attached hydrogens (tertiary/aromatic N) is 1. The number of hydrogen-bond donors (Lipinski definition) is 1. The van der Waals surface area contributed by atoms with Crippen LogP contribution in [-0.2, 0) is 0 Å². The molecule has 0 aliphatic heterocycles. The fourth-order valence-electron chi connectivity index (χ4n) is 1.55. The Morgan fingerprint density at radius 2 is 2.15 bits per heavy atom. The van der Waals surface area contributed by atoms with Crippen molar-refractivity contribution in [3.63, 3.8) is 0 Å². The molecular formula is C14H15FN2O2S. The van der Waals surface area contributed by atoms with Crippen LogP contribution >= 0.6 is 11.8 Å². The summed E-state index contributed by atoms with van der Waals surface area (Å²) in [5.74, 6) is 0.594. The van der Waals surface area contributed by atoms with E-state index in [4.69, 9.17) is 4.52 Å². The van der Waals surface area contributed by atoms with E-state index in [1.807, 2.05) is 0 Å². The summed E-state index contributed by atoms with van der Waals surface area (Å²) < 4.78 is 17.6. The zero-order valence-electron chi connectivity index (χ0n) is 11.1. The molecule has 0 saturated carbocycles. The van der Waals surface area contributed by atoms with Crippen molar-refractivity contribution in [1.29, 1.82) is 0 Å². The molecular weight excluding hydrogens is 279 g/mol. The molecule has 1 heterocycles. The highest BCUT2D eigenvalue weighted by Gasteiger charge is 2.10. The van der Waals surface area contributed by atoms with Gasteiger partial charge in [-0.1, -0.05) is 5.16 Å². The van der Waals surface area contributed by atoms with Gasteiger partial charge in [-0.05, 0) is 43.4 Å². The normalized spacial score (nSPS) is 10.5. The summed E-state index contributed by atoms with van der Waals surface area (Å²) in [5, 5.41) is 6.42. The lowest BCUT2D eigenvalue weighted by atomic mass is 10.3. The molecule has 0 saturated heterocycles. The molecule has 2 aromatic rings. The molecule has 0 atom stereocenters. The minimum absolute atomic E-state index is 0.230. The second-order valence-corrected chi connectivity index (χ2v) is 5.41. The summed E-state index contributed by atoms with van der Waals surface area (Å²) in [6, 6.07) is 7.97. The largest absolute Gasteiger partial charge is 0.351 e. The SMILES string of the molecule is Cc1cc(C(=O)NCCCSc2ccc(F)cc2)on1. The quantitative estimate of drug-likeness (QED) is 0.657. The molecule has 1 aromatic heterocycles. The predicted molar refractivity (Wildman–Crippen MR) is 75.3 cm³/mol. The number of thioether (sulfide) groups is 1. The van der Waals surface area contributed by atoms with E-state index in [1.165, 1.54) is 12.1 Å². The molecule has 0 radical (unpaired) electrons. The lowest BCUT2D eigenvalue weighted by Crippen LogP contribution is -2.24. The summed E-state index contributed by atoms with van der Waals surface area (Å²) in [6.07, 6.45) is 0.820. The van der Waals surface area contributed by atoms with Crippen molar-refractivity contribution in [2.75, 3.05) is 12.3 Å². The van der Waals surface area contributed by atoms with Crippen molar-refractivity contribution in [3.05, 3.63) is 47.6 Å². The number of rotatable bonds is 6. The Morgan fingerprint density at radius 3 is 2.80 bits per heavy atom. The van der Waals surface area contributed by atoms with Crippen molar-refractivity contribution in [2.24, 2.45) is 0 Å². The van der Waals surface area contributed by atoms with Gasteiger partial charge in [0.05, 0.1) is 5.69 Å². The van der Waals surface area contributed by atoms with Crippen LogP contribution in [0.15, 0.2) is 39.8 Å². The van der Waals surface area contributed by atoms with E-state index in [0.29, 0.717) is 12.2 Å². The maximum Gasteiger partial charge on any atom is 0.289 e. The maximum absolute atomic E-state index is 12.7. The zero-order valence-corrected chi connectivity index (χ0v) is 11.9. The van der Waals surface area contributed by atoms with Crippen molar-refractivity contribution < 1.29 is 13.7 Å². The van der Waals surface area contributed by atoms with Gasteiger partial charge in [0.1, 0.15) is 5.82 Å². The topological polar surface area (TPSA) is 55.1 Å². The molecule has 1 amide bonds. The van der Waals surface area contributed by atoms with Crippen molar-refractivity contribution in [2.45, 2.75) is 18.2 Å². The first kappa shape index (κ1) is 14.6. The molecule has 0 spiro atoms. The van der Waals surface area contributed by atoms with Gasteiger partial charge in [0, 0.05) is 17.5 Å². The number of carbonyl (C=O) groups is 1. The highest BCUT2D eigenvalue weighted by Crippen LogP contribution is 2.18. The Balaban J connectivity index is 1.64. The Bertz CT molecular complexity index is 569. The molecule has 0 bridgehead atoms. The summed E-state index contributed by atoms with van der Waals surface area (Å²) in [5.41, 5.74) is 0.682. The maximum atomic E-state index is 12.7. The zero-order chi connectivity index (χ0) is 14.4. The standard InChI is InChI=1S/C14H15FN2O2S/c1-10-9-13(19-17-10)14(18)16-7-2-8-20-12-5-3-11(15)4-6-12/h3-6,9H,2,7-8H2,1H3,(H,16,18). The van der Waals surface area contributed by atoms with E-state index in [9.17, 15) is 9.18 Å². The van der Waals surface area contributed by atoms with Crippen LogP contribution in [-0.4, -0.2) is 23.4 Å². The van der Waals surface area contributed by atoms with Gasteiger partial charge < -0.3 is 9.84 Å². The van der Waals surface area contributed by atoms with E-state index in [1.54, 1.807) is 36.9 Å². The number of benzene rings is 1. The number of hydrogen-bond acceptors (Lipinski definition) is 4. The molecule has 20 heavy (non-hydrogen) atoms. The van der Waals surface area contributed by atoms with Gasteiger partial charge in [-0.15, -0.1) is 11.8 Å². The first-order valence-electron chi connectivity index (χ1n) is 6.25. The van der Waals surface area contributed by atoms with Gasteiger partial charge in [0.2, 0.25) is 5.76 Å². The number of carbonyl (C=O) groups excluding carboxylic acids is 1. The van der Waals surface area contributed by atoms with Crippen LogP contribution in [0.5, 0.6) is 0 Å². The van der Waals surface area contributed by atoms with Crippen LogP contribution in [0.4, 0.5) is 4.39 Å². The summed E-state index contributed by atoms with van der Waals surface area (Å²) in [7, 11) is 0. The summed E-state index contributed by atoms with van der Waals surface area (Å²) in [6.45, 7) is 2.33. The van der Waals surface area contributed by atoms with E-state index in [2.05, 4.69) is 10.5 Å². The second kappa shape index (κ2) is 7.09. The van der Waals surface area contributed by atoms with Gasteiger partial charge in [-0.25, -0.2) is 4.39 Å².